The third-order valence-corrected chi connectivity index (χ3v) is 5.63. The summed E-state index contributed by atoms with van der Waals surface area (Å²) in [4.78, 5) is 36.6. The van der Waals surface area contributed by atoms with Crippen molar-refractivity contribution in [3.05, 3.63) is 59.9 Å². The van der Waals surface area contributed by atoms with Crippen molar-refractivity contribution in [3.8, 4) is 5.75 Å². The Bertz CT molecular complexity index is 978. The first-order chi connectivity index (χ1) is 15.0. The SMILES string of the molecule is CCOc1ccc(C2=C(N3CCN(c4ccccn4)CC3)C(=O)N(C(C)C)C2=O)cc1. The fourth-order valence-corrected chi connectivity index (χ4v) is 4.14. The number of carbonyl (C=O) groups is 2. The van der Waals surface area contributed by atoms with Crippen molar-refractivity contribution < 1.29 is 14.3 Å². The highest BCUT2D eigenvalue weighted by Crippen LogP contribution is 2.34. The van der Waals surface area contributed by atoms with Crippen molar-refractivity contribution in [1.29, 1.82) is 0 Å². The van der Waals surface area contributed by atoms with Crippen molar-refractivity contribution in [2.45, 2.75) is 26.8 Å². The van der Waals surface area contributed by atoms with Crippen molar-refractivity contribution in [3.63, 3.8) is 0 Å². The maximum atomic E-state index is 13.3. The number of hydrogen-bond donors (Lipinski definition) is 0. The maximum absolute atomic E-state index is 13.3. The van der Waals surface area contributed by atoms with Crippen LogP contribution in [0.4, 0.5) is 5.82 Å². The fourth-order valence-electron chi connectivity index (χ4n) is 4.14. The van der Waals surface area contributed by atoms with E-state index in [0.29, 0.717) is 31.0 Å². The number of nitrogens with zero attached hydrogens (tertiary/aromatic N) is 4. The summed E-state index contributed by atoms with van der Waals surface area (Å²) in [5, 5.41) is 0. The molecule has 0 unspecified atom stereocenters. The van der Waals surface area contributed by atoms with Crippen LogP contribution in [-0.2, 0) is 9.59 Å². The zero-order chi connectivity index (χ0) is 22.0. The van der Waals surface area contributed by atoms with Crippen LogP contribution in [0.15, 0.2) is 54.4 Å². The lowest BCUT2D eigenvalue weighted by Crippen LogP contribution is -2.48. The molecule has 0 atom stereocenters. The minimum absolute atomic E-state index is 0.204. The Labute approximate surface area is 182 Å². The molecule has 0 spiro atoms. The summed E-state index contributed by atoms with van der Waals surface area (Å²) in [6.07, 6.45) is 1.79. The normalized spacial score (nSPS) is 17.2. The number of anilines is 1. The standard InChI is InChI=1S/C24H28N4O3/c1-4-31-19-10-8-18(9-11-19)21-22(24(30)28(17(2)3)23(21)29)27-15-13-26(14-16-27)20-7-5-6-12-25-20/h5-12,17H,4,13-16H2,1-3H3. The average Bonchev–Trinajstić information content (AvgIpc) is 3.05. The van der Waals surface area contributed by atoms with E-state index < -0.39 is 0 Å². The monoisotopic (exact) mass is 420 g/mol. The summed E-state index contributed by atoms with van der Waals surface area (Å²) < 4.78 is 5.53. The summed E-state index contributed by atoms with van der Waals surface area (Å²) in [5.74, 6) is 1.23. The van der Waals surface area contributed by atoms with Crippen LogP contribution in [0.2, 0.25) is 0 Å². The molecular formula is C24H28N4O3. The lowest BCUT2D eigenvalue weighted by molar-refractivity contribution is -0.139. The Morgan fingerprint density at radius 2 is 1.61 bits per heavy atom. The first kappa shape index (κ1) is 20.9. The number of amides is 2. The van der Waals surface area contributed by atoms with Gasteiger partial charge in [-0.05, 0) is 50.6 Å². The number of aromatic nitrogens is 1. The van der Waals surface area contributed by atoms with E-state index in [1.165, 1.54) is 4.90 Å². The van der Waals surface area contributed by atoms with Gasteiger partial charge in [-0.1, -0.05) is 18.2 Å². The van der Waals surface area contributed by atoms with E-state index in [-0.39, 0.29) is 17.9 Å². The van der Waals surface area contributed by atoms with Gasteiger partial charge in [0.05, 0.1) is 12.2 Å². The Balaban J connectivity index is 1.64. The number of benzene rings is 1. The van der Waals surface area contributed by atoms with Crippen LogP contribution in [0, 0.1) is 0 Å². The van der Waals surface area contributed by atoms with Gasteiger partial charge in [0, 0.05) is 38.4 Å². The van der Waals surface area contributed by atoms with Crippen molar-refractivity contribution in [2.24, 2.45) is 0 Å². The van der Waals surface area contributed by atoms with Crippen LogP contribution in [0.1, 0.15) is 26.3 Å². The zero-order valence-electron chi connectivity index (χ0n) is 18.2. The lowest BCUT2D eigenvalue weighted by Gasteiger charge is -2.37. The van der Waals surface area contributed by atoms with E-state index in [2.05, 4.69) is 9.88 Å². The summed E-state index contributed by atoms with van der Waals surface area (Å²) in [7, 11) is 0. The Kier molecular flexibility index (Phi) is 5.93. The van der Waals surface area contributed by atoms with Crippen LogP contribution in [0.5, 0.6) is 5.75 Å². The molecule has 2 amide bonds. The van der Waals surface area contributed by atoms with E-state index in [1.54, 1.807) is 6.20 Å². The lowest BCUT2D eigenvalue weighted by atomic mass is 10.0. The third kappa shape index (κ3) is 4.00. The average molecular weight is 421 g/mol. The van der Waals surface area contributed by atoms with Gasteiger partial charge in [0.15, 0.2) is 0 Å². The molecule has 3 heterocycles. The molecule has 2 aromatic rings. The van der Waals surface area contributed by atoms with E-state index in [0.717, 1.165) is 30.2 Å². The predicted molar refractivity (Wildman–Crippen MR) is 120 cm³/mol. The molecule has 2 aliphatic rings. The molecule has 31 heavy (non-hydrogen) atoms. The molecule has 2 aliphatic heterocycles. The van der Waals surface area contributed by atoms with Gasteiger partial charge in [0.25, 0.3) is 11.8 Å². The number of imide groups is 1. The van der Waals surface area contributed by atoms with E-state index in [4.69, 9.17) is 4.74 Å². The zero-order valence-corrected chi connectivity index (χ0v) is 18.2. The van der Waals surface area contributed by atoms with Gasteiger partial charge in [0.2, 0.25) is 0 Å². The molecule has 162 valence electrons. The Morgan fingerprint density at radius 3 is 2.19 bits per heavy atom. The quantitative estimate of drug-likeness (QED) is 0.670. The molecule has 1 aromatic carbocycles. The number of carbonyl (C=O) groups excluding carboxylic acids is 2. The number of pyridine rings is 1. The minimum atomic E-state index is -0.230. The summed E-state index contributed by atoms with van der Waals surface area (Å²) in [6, 6.07) is 13.1. The first-order valence-electron chi connectivity index (χ1n) is 10.8. The van der Waals surface area contributed by atoms with Crippen LogP contribution in [0.25, 0.3) is 5.57 Å². The molecule has 4 rings (SSSR count). The second-order valence-corrected chi connectivity index (χ2v) is 7.92. The molecular weight excluding hydrogens is 392 g/mol. The minimum Gasteiger partial charge on any atom is -0.494 e. The fraction of sp³-hybridized carbons (Fsp3) is 0.375. The highest BCUT2D eigenvalue weighted by Gasteiger charge is 2.43. The molecule has 0 aliphatic carbocycles. The second kappa shape index (κ2) is 8.79. The predicted octanol–water partition coefficient (Wildman–Crippen LogP) is 2.79. The van der Waals surface area contributed by atoms with Gasteiger partial charge < -0.3 is 14.5 Å². The van der Waals surface area contributed by atoms with Crippen LogP contribution < -0.4 is 9.64 Å². The highest BCUT2D eigenvalue weighted by atomic mass is 16.5. The number of hydrogen-bond acceptors (Lipinski definition) is 6. The molecule has 0 radical (unpaired) electrons. The summed E-state index contributed by atoms with van der Waals surface area (Å²) >= 11 is 0. The first-order valence-corrected chi connectivity index (χ1v) is 10.8. The van der Waals surface area contributed by atoms with Crippen molar-refractivity contribution in [2.75, 3.05) is 37.7 Å². The summed E-state index contributed by atoms with van der Waals surface area (Å²) in [6.45, 7) is 9.02. The van der Waals surface area contributed by atoms with Gasteiger partial charge in [-0.25, -0.2) is 4.98 Å². The maximum Gasteiger partial charge on any atom is 0.278 e. The van der Waals surface area contributed by atoms with Crippen molar-refractivity contribution >= 4 is 23.2 Å². The van der Waals surface area contributed by atoms with Gasteiger partial charge in [-0.3, -0.25) is 14.5 Å². The molecule has 0 N–H and O–H groups in total. The van der Waals surface area contributed by atoms with Crippen LogP contribution in [-0.4, -0.2) is 65.4 Å². The topological polar surface area (TPSA) is 66.0 Å². The van der Waals surface area contributed by atoms with Gasteiger partial charge >= 0.3 is 0 Å². The van der Waals surface area contributed by atoms with E-state index in [1.807, 2.05) is 68.1 Å². The highest BCUT2D eigenvalue weighted by molar-refractivity contribution is 6.35. The van der Waals surface area contributed by atoms with Gasteiger partial charge in [-0.15, -0.1) is 0 Å². The molecule has 0 bridgehead atoms. The van der Waals surface area contributed by atoms with Gasteiger partial charge in [-0.2, -0.15) is 0 Å². The van der Waals surface area contributed by atoms with Gasteiger partial charge in [0.1, 0.15) is 17.3 Å². The largest absolute Gasteiger partial charge is 0.494 e. The molecule has 0 saturated carbocycles. The Hall–Kier alpha value is -3.35. The van der Waals surface area contributed by atoms with Crippen molar-refractivity contribution in [1.82, 2.24) is 14.8 Å². The number of piperazine rings is 1. The Morgan fingerprint density at radius 1 is 0.935 bits per heavy atom. The van der Waals surface area contributed by atoms with E-state index in [9.17, 15) is 9.59 Å². The van der Waals surface area contributed by atoms with E-state index >= 15 is 0 Å². The molecule has 7 nitrogen and oxygen atoms in total. The molecule has 1 aromatic heterocycles. The third-order valence-electron chi connectivity index (χ3n) is 5.63. The summed E-state index contributed by atoms with van der Waals surface area (Å²) in [5.41, 5.74) is 1.73. The smallest absolute Gasteiger partial charge is 0.278 e. The van der Waals surface area contributed by atoms with Crippen LogP contribution >= 0.6 is 0 Å². The van der Waals surface area contributed by atoms with Crippen LogP contribution in [0.3, 0.4) is 0 Å². The molecule has 1 saturated heterocycles. The number of rotatable bonds is 6. The second-order valence-electron chi connectivity index (χ2n) is 7.92. The number of ether oxygens (including phenoxy) is 1. The molecule has 1 fully saturated rings. The molecule has 7 heteroatoms.